The van der Waals surface area contributed by atoms with E-state index < -0.39 is 16.1 Å². The lowest BCUT2D eigenvalue weighted by Crippen LogP contribution is -2.24. The molecule has 1 heterocycles. The van der Waals surface area contributed by atoms with Crippen LogP contribution in [0.15, 0.2) is 66.1 Å². The molecule has 140 valence electrons. The van der Waals surface area contributed by atoms with E-state index in [1.54, 1.807) is 55.5 Å². The second kappa shape index (κ2) is 7.58. The molecule has 0 aliphatic carbocycles. The molecule has 2 aromatic carbocycles. The summed E-state index contributed by atoms with van der Waals surface area (Å²) in [4.78, 5) is 16.2. The molecule has 0 saturated carbocycles. The molecule has 3 rings (SSSR count). The molecular formula is C18H19N5O3S. The van der Waals surface area contributed by atoms with Gasteiger partial charge in [0.15, 0.2) is 0 Å². The Morgan fingerprint density at radius 2 is 1.67 bits per heavy atom. The first-order valence-electron chi connectivity index (χ1n) is 8.20. The fourth-order valence-corrected chi connectivity index (χ4v) is 3.40. The first-order valence-corrected chi connectivity index (χ1v) is 9.68. The van der Waals surface area contributed by atoms with Crippen LogP contribution in [-0.2, 0) is 14.8 Å². The number of sulfonamides is 1. The molecule has 2 N–H and O–H groups in total. The Hall–Kier alpha value is -3.20. The van der Waals surface area contributed by atoms with E-state index in [-0.39, 0.29) is 10.8 Å². The quantitative estimate of drug-likeness (QED) is 0.678. The minimum Gasteiger partial charge on any atom is -0.324 e. The molecule has 8 nitrogen and oxygen atoms in total. The standard InChI is InChI=1S/C18H19N5O3S/c1-13-3-9-17(10-4-13)27(25,26)22-16-7-5-15(6-8-16)21-18(24)14(2)23-12-19-11-20-23/h3-12,14,22H,1-2H3,(H,21,24). The molecule has 0 saturated heterocycles. The van der Waals surface area contributed by atoms with Crippen LogP contribution in [0, 0.1) is 6.92 Å². The van der Waals surface area contributed by atoms with Crippen LogP contribution in [0.2, 0.25) is 0 Å². The first kappa shape index (κ1) is 18.6. The molecule has 1 amide bonds. The highest BCUT2D eigenvalue weighted by molar-refractivity contribution is 7.92. The van der Waals surface area contributed by atoms with Crippen molar-refractivity contribution in [1.29, 1.82) is 0 Å². The van der Waals surface area contributed by atoms with Gasteiger partial charge in [-0.3, -0.25) is 9.52 Å². The molecule has 1 atom stereocenters. The van der Waals surface area contributed by atoms with Gasteiger partial charge in [0.1, 0.15) is 18.7 Å². The zero-order valence-electron chi connectivity index (χ0n) is 14.8. The Kier molecular flexibility index (Phi) is 5.22. The van der Waals surface area contributed by atoms with Gasteiger partial charge < -0.3 is 5.32 Å². The first-order chi connectivity index (χ1) is 12.8. The van der Waals surface area contributed by atoms with Gasteiger partial charge >= 0.3 is 0 Å². The van der Waals surface area contributed by atoms with Crippen LogP contribution < -0.4 is 10.0 Å². The minimum atomic E-state index is -3.66. The van der Waals surface area contributed by atoms with Gasteiger partial charge in [-0.1, -0.05) is 17.7 Å². The highest BCUT2D eigenvalue weighted by Gasteiger charge is 2.16. The zero-order chi connectivity index (χ0) is 19.4. The Morgan fingerprint density at radius 1 is 1.04 bits per heavy atom. The molecule has 0 fully saturated rings. The summed E-state index contributed by atoms with van der Waals surface area (Å²) in [5.74, 6) is -0.256. The highest BCUT2D eigenvalue weighted by Crippen LogP contribution is 2.19. The molecule has 0 aliphatic rings. The summed E-state index contributed by atoms with van der Waals surface area (Å²) >= 11 is 0. The number of nitrogens with zero attached hydrogens (tertiary/aromatic N) is 3. The van der Waals surface area contributed by atoms with Gasteiger partial charge in [0, 0.05) is 11.4 Å². The molecule has 0 bridgehead atoms. The van der Waals surface area contributed by atoms with Crippen molar-refractivity contribution in [2.45, 2.75) is 24.8 Å². The lowest BCUT2D eigenvalue weighted by molar-refractivity contribution is -0.119. The minimum absolute atomic E-state index is 0.187. The monoisotopic (exact) mass is 385 g/mol. The molecule has 0 radical (unpaired) electrons. The number of rotatable bonds is 6. The fraction of sp³-hybridized carbons (Fsp3) is 0.167. The third kappa shape index (κ3) is 4.50. The lowest BCUT2D eigenvalue weighted by atomic mass is 10.2. The van der Waals surface area contributed by atoms with E-state index >= 15 is 0 Å². The van der Waals surface area contributed by atoms with Crippen molar-refractivity contribution in [2.75, 3.05) is 10.0 Å². The molecule has 0 spiro atoms. The van der Waals surface area contributed by atoms with E-state index in [2.05, 4.69) is 20.1 Å². The van der Waals surface area contributed by atoms with Gasteiger partial charge in [-0.15, -0.1) is 0 Å². The average molecular weight is 385 g/mol. The van der Waals surface area contributed by atoms with E-state index in [0.29, 0.717) is 11.4 Å². The van der Waals surface area contributed by atoms with Crippen molar-refractivity contribution in [3.8, 4) is 0 Å². The van der Waals surface area contributed by atoms with Gasteiger partial charge in [0.25, 0.3) is 10.0 Å². The third-order valence-corrected chi connectivity index (χ3v) is 5.35. The number of anilines is 2. The van der Waals surface area contributed by atoms with Crippen LogP contribution in [0.25, 0.3) is 0 Å². The van der Waals surface area contributed by atoms with Crippen molar-refractivity contribution in [3.63, 3.8) is 0 Å². The SMILES string of the molecule is Cc1ccc(S(=O)(=O)Nc2ccc(NC(=O)C(C)n3cncn3)cc2)cc1. The van der Waals surface area contributed by atoms with Crippen molar-refractivity contribution in [3.05, 3.63) is 66.7 Å². The smallest absolute Gasteiger partial charge is 0.261 e. The van der Waals surface area contributed by atoms with E-state index in [9.17, 15) is 13.2 Å². The summed E-state index contributed by atoms with van der Waals surface area (Å²) in [7, 11) is -3.66. The van der Waals surface area contributed by atoms with Crippen LogP contribution in [0.5, 0.6) is 0 Å². The fourth-order valence-electron chi connectivity index (χ4n) is 2.34. The number of hydrogen-bond donors (Lipinski definition) is 2. The summed E-state index contributed by atoms with van der Waals surface area (Å²) < 4.78 is 28.8. The molecule has 1 unspecified atom stereocenters. The summed E-state index contributed by atoms with van der Waals surface area (Å²) in [5, 5.41) is 6.69. The number of carbonyl (C=O) groups is 1. The molecular weight excluding hydrogens is 366 g/mol. The largest absolute Gasteiger partial charge is 0.324 e. The number of aryl methyl sites for hydroxylation is 1. The number of benzene rings is 2. The van der Waals surface area contributed by atoms with Crippen LogP contribution in [0.1, 0.15) is 18.5 Å². The van der Waals surface area contributed by atoms with Gasteiger partial charge in [0.2, 0.25) is 5.91 Å². The lowest BCUT2D eigenvalue weighted by Gasteiger charge is -2.13. The van der Waals surface area contributed by atoms with E-state index in [0.717, 1.165) is 5.56 Å². The van der Waals surface area contributed by atoms with E-state index in [1.807, 2.05) is 6.92 Å². The van der Waals surface area contributed by atoms with Crippen molar-refractivity contribution in [1.82, 2.24) is 14.8 Å². The van der Waals surface area contributed by atoms with Gasteiger partial charge in [0.05, 0.1) is 4.90 Å². The maximum atomic E-state index is 12.4. The van der Waals surface area contributed by atoms with Crippen LogP contribution in [0.4, 0.5) is 11.4 Å². The Balaban J connectivity index is 1.66. The number of carbonyl (C=O) groups excluding carboxylic acids is 1. The Morgan fingerprint density at radius 3 is 2.26 bits per heavy atom. The second-order valence-corrected chi connectivity index (χ2v) is 7.72. The summed E-state index contributed by atoms with van der Waals surface area (Å²) in [6.45, 7) is 3.59. The van der Waals surface area contributed by atoms with Crippen LogP contribution >= 0.6 is 0 Å². The van der Waals surface area contributed by atoms with Crippen LogP contribution in [-0.4, -0.2) is 29.1 Å². The van der Waals surface area contributed by atoms with Gasteiger partial charge in [-0.2, -0.15) is 5.10 Å². The summed E-state index contributed by atoms with van der Waals surface area (Å²) in [6, 6.07) is 12.5. The molecule has 27 heavy (non-hydrogen) atoms. The number of nitrogens with one attached hydrogen (secondary N) is 2. The van der Waals surface area contributed by atoms with Crippen molar-refractivity contribution >= 4 is 27.3 Å². The average Bonchev–Trinajstić information content (AvgIpc) is 3.17. The summed E-state index contributed by atoms with van der Waals surface area (Å²) in [5.41, 5.74) is 1.93. The molecule has 1 aromatic heterocycles. The molecule has 3 aromatic rings. The third-order valence-electron chi connectivity index (χ3n) is 3.95. The van der Waals surface area contributed by atoms with E-state index in [4.69, 9.17) is 0 Å². The normalized spacial score (nSPS) is 12.4. The Bertz CT molecular complexity index is 1010. The number of hydrogen-bond acceptors (Lipinski definition) is 5. The topological polar surface area (TPSA) is 106 Å². The van der Waals surface area contributed by atoms with Crippen molar-refractivity contribution < 1.29 is 13.2 Å². The maximum Gasteiger partial charge on any atom is 0.261 e. The van der Waals surface area contributed by atoms with E-state index in [1.165, 1.54) is 17.3 Å². The highest BCUT2D eigenvalue weighted by atomic mass is 32.2. The molecule has 0 aliphatic heterocycles. The Labute approximate surface area is 157 Å². The molecule has 9 heteroatoms. The predicted molar refractivity (Wildman–Crippen MR) is 102 cm³/mol. The van der Waals surface area contributed by atoms with Crippen LogP contribution in [0.3, 0.4) is 0 Å². The zero-order valence-corrected chi connectivity index (χ0v) is 15.6. The maximum absolute atomic E-state index is 12.4. The number of aromatic nitrogens is 3. The van der Waals surface area contributed by atoms with Crippen molar-refractivity contribution in [2.24, 2.45) is 0 Å². The number of amides is 1. The summed E-state index contributed by atoms with van der Waals surface area (Å²) in [6.07, 6.45) is 2.83. The van der Waals surface area contributed by atoms with Gasteiger partial charge in [-0.25, -0.2) is 18.1 Å². The predicted octanol–water partition coefficient (Wildman–Crippen LogP) is 2.59. The van der Waals surface area contributed by atoms with Gasteiger partial charge in [-0.05, 0) is 50.2 Å². The second-order valence-electron chi connectivity index (χ2n) is 6.04.